The molecule has 0 fully saturated rings. The maximum Gasteiger partial charge on any atom is 0.407 e. The summed E-state index contributed by atoms with van der Waals surface area (Å²) in [6.45, 7) is 7.84. The molecule has 0 aliphatic heterocycles. The summed E-state index contributed by atoms with van der Waals surface area (Å²) in [5.74, 6) is 0.712. The first-order valence-electron chi connectivity index (χ1n) is 8.02. The first-order valence-corrected chi connectivity index (χ1v) is 9.46. The minimum Gasteiger partial charge on any atom is -0.497 e. The van der Waals surface area contributed by atoms with Gasteiger partial charge in [-0.05, 0) is 44.0 Å². The van der Waals surface area contributed by atoms with Gasteiger partial charge >= 0.3 is 6.09 Å². The maximum absolute atomic E-state index is 13.0. The van der Waals surface area contributed by atoms with Gasteiger partial charge in [-0.3, -0.25) is 0 Å². The number of carbonyl (C=O) groups is 1. The lowest BCUT2D eigenvalue weighted by Crippen LogP contribution is -2.53. The zero-order valence-corrected chi connectivity index (χ0v) is 16.5. The Morgan fingerprint density at radius 3 is 2.20 bits per heavy atom. The molecule has 0 bridgehead atoms. The molecule has 7 nitrogen and oxygen atoms in total. The smallest absolute Gasteiger partial charge is 0.407 e. The third-order valence-corrected chi connectivity index (χ3v) is 5.29. The number of alkyl carbamates (subject to hydrolysis) is 1. The van der Waals surface area contributed by atoms with Crippen LogP contribution in [0.5, 0.6) is 5.75 Å². The van der Waals surface area contributed by atoms with Crippen LogP contribution < -0.4 is 10.1 Å². The van der Waals surface area contributed by atoms with Gasteiger partial charge in [0.2, 0.25) is 10.0 Å². The summed E-state index contributed by atoms with van der Waals surface area (Å²) in [6, 6.07) is 6.25. The van der Waals surface area contributed by atoms with Gasteiger partial charge in [0.1, 0.15) is 5.75 Å². The molecule has 0 radical (unpaired) electrons. The van der Waals surface area contributed by atoms with Crippen molar-refractivity contribution in [2.75, 3.05) is 27.3 Å². The minimum absolute atomic E-state index is 0.120. The third-order valence-electron chi connectivity index (χ3n) is 3.46. The number of ether oxygens (including phenoxy) is 2. The van der Waals surface area contributed by atoms with E-state index in [1.54, 1.807) is 26.0 Å². The molecule has 0 unspecified atom stereocenters. The molecule has 0 atom stereocenters. The van der Waals surface area contributed by atoms with Gasteiger partial charge in [0.15, 0.2) is 0 Å². The van der Waals surface area contributed by atoms with Gasteiger partial charge in [0.05, 0.1) is 24.7 Å². The van der Waals surface area contributed by atoms with Crippen LogP contribution in [0.3, 0.4) is 0 Å². The molecule has 1 aromatic carbocycles. The summed E-state index contributed by atoms with van der Waals surface area (Å²) >= 11 is 0. The van der Waals surface area contributed by atoms with E-state index in [1.807, 2.05) is 13.8 Å². The number of sulfonamides is 1. The predicted octanol–water partition coefficient (Wildman–Crippen LogP) is 2.48. The Hall–Kier alpha value is -1.80. The topological polar surface area (TPSA) is 84.9 Å². The van der Waals surface area contributed by atoms with E-state index in [4.69, 9.17) is 4.74 Å². The van der Waals surface area contributed by atoms with Crippen molar-refractivity contribution in [3.05, 3.63) is 24.3 Å². The highest BCUT2D eigenvalue weighted by atomic mass is 32.2. The monoisotopic (exact) mass is 372 g/mol. The Labute approximate surface area is 150 Å². The van der Waals surface area contributed by atoms with Gasteiger partial charge < -0.3 is 14.8 Å². The van der Waals surface area contributed by atoms with Gasteiger partial charge in [-0.1, -0.05) is 13.8 Å². The molecule has 0 heterocycles. The lowest BCUT2D eigenvalue weighted by Gasteiger charge is -2.33. The van der Waals surface area contributed by atoms with Crippen LogP contribution in [-0.2, 0) is 14.8 Å². The minimum atomic E-state index is -3.71. The van der Waals surface area contributed by atoms with Crippen molar-refractivity contribution in [2.24, 2.45) is 5.92 Å². The molecule has 0 saturated heterocycles. The Morgan fingerprint density at radius 2 is 1.76 bits per heavy atom. The number of carbonyl (C=O) groups excluding carboxylic acids is 1. The number of nitrogens with one attached hydrogen (secondary N) is 1. The fourth-order valence-electron chi connectivity index (χ4n) is 2.36. The van der Waals surface area contributed by atoms with Crippen LogP contribution in [0.1, 0.15) is 27.7 Å². The fraction of sp³-hybridized carbons (Fsp3) is 0.588. The second kappa shape index (κ2) is 8.53. The molecule has 1 N–H and O–H groups in total. The summed E-state index contributed by atoms with van der Waals surface area (Å²) in [7, 11) is -0.919. The van der Waals surface area contributed by atoms with E-state index in [1.165, 1.54) is 30.7 Å². The van der Waals surface area contributed by atoms with Crippen LogP contribution >= 0.6 is 0 Å². The van der Waals surface area contributed by atoms with Crippen LogP contribution in [0.2, 0.25) is 0 Å². The zero-order valence-electron chi connectivity index (χ0n) is 15.7. The number of benzene rings is 1. The molecule has 0 aliphatic rings. The summed E-state index contributed by atoms with van der Waals surface area (Å²) in [6.07, 6.45) is -0.601. The molecule has 8 heteroatoms. The Morgan fingerprint density at radius 1 is 1.20 bits per heavy atom. The van der Waals surface area contributed by atoms with E-state index in [2.05, 4.69) is 10.1 Å². The first kappa shape index (κ1) is 21.2. The maximum atomic E-state index is 13.0. The summed E-state index contributed by atoms with van der Waals surface area (Å²) in [5, 5.41) is 2.66. The summed E-state index contributed by atoms with van der Waals surface area (Å²) < 4.78 is 37.2. The van der Waals surface area contributed by atoms with E-state index in [-0.39, 0.29) is 17.4 Å². The highest BCUT2D eigenvalue weighted by Gasteiger charge is 2.32. The molecule has 142 valence electrons. The fourth-order valence-corrected chi connectivity index (χ4v) is 4.12. The van der Waals surface area contributed by atoms with Crippen LogP contribution in [0, 0.1) is 5.92 Å². The average molecular weight is 372 g/mol. The van der Waals surface area contributed by atoms with Crippen molar-refractivity contribution >= 4 is 16.1 Å². The van der Waals surface area contributed by atoms with Crippen LogP contribution in [-0.4, -0.2) is 51.7 Å². The second-order valence-electron chi connectivity index (χ2n) is 6.87. The lowest BCUT2D eigenvalue weighted by atomic mass is 10.1. The highest BCUT2D eigenvalue weighted by Crippen LogP contribution is 2.22. The number of rotatable bonds is 8. The highest BCUT2D eigenvalue weighted by molar-refractivity contribution is 7.89. The molecular formula is C17H28N2O5S. The van der Waals surface area contributed by atoms with Crippen LogP contribution in [0.15, 0.2) is 29.2 Å². The van der Waals surface area contributed by atoms with Crippen molar-refractivity contribution in [2.45, 2.75) is 38.1 Å². The van der Waals surface area contributed by atoms with Gasteiger partial charge in [0.25, 0.3) is 0 Å². The number of methoxy groups -OCH3 is 2. The molecule has 0 aromatic heterocycles. The quantitative estimate of drug-likeness (QED) is 0.758. The molecule has 0 spiro atoms. The van der Waals surface area contributed by atoms with Crippen molar-refractivity contribution in [1.82, 2.24) is 9.62 Å². The van der Waals surface area contributed by atoms with E-state index >= 15 is 0 Å². The average Bonchev–Trinajstić information content (AvgIpc) is 2.53. The zero-order chi connectivity index (χ0) is 19.3. The van der Waals surface area contributed by atoms with Gasteiger partial charge in [-0.25, -0.2) is 13.2 Å². The van der Waals surface area contributed by atoms with Gasteiger partial charge in [-0.15, -0.1) is 0 Å². The van der Waals surface area contributed by atoms with Crippen LogP contribution in [0.25, 0.3) is 0 Å². The van der Waals surface area contributed by atoms with Gasteiger partial charge in [0, 0.05) is 13.1 Å². The standard InChI is InChI=1S/C17H28N2O5S/c1-13(2)11-19(12-17(3,4)18-16(20)24-6)25(21,22)15-9-7-14(23-5)8-10-15/h7-10,13H,11-12H2,1-6H3,(H,18,20). The molecule has 25 heavy (non-hydrogen) atoms. The Kier molecular flexibility index (Phi) is 7.25. The number of nitrogens with zero attached hydrogens (tertiary/aromatic N) is 1. The van der Waals surface area contributed by atoms with Gasteiger partial charge in [-0.2, -0.15) is 4.31 Å². The largest absolute Gasteiger partial charge is 0.497 e. The lowest BCUT2D eigenvalue weighted by molar-refractivity contribution is 0.154. The Balaban J connectivity index is 3.12. The number of hydrogen-bond acceptors (Lipinski definition) is 5. The summed E-state index contributed by atoms with van der Waals surface area (Å²) in [5.41, 5.74) is -0.790. The van der Waals surface area contributed by atoms with Crippen molar-refractivity contribution in [1.29, 1.82) is 0 Å². The van der Waals surface area contributed by atoms with E-state index in [0.29, 0.717) is 12.3 Å². The molecule has 1 rings (SSSR count). The SMILES string of the molecule is COC(=O)NC(C)(C)CN(CC(C)C)S(=O)(=O)c1ccc(OC)cc1. The van der Waals surface area contributed by atoms with Crippen molar-refractivity contribution in [3.63, 3.8) is 0 Å². The van der Waals surface area contributed by atoms with E-state index in [0.717, 1.165) is 0 Å². The first-order chi connectivity index (χ1) is 11.5. The third kappa shape index (κ3) is 6.21. The molecule has 0 saturated carbocycles. The molecular weight excluding hydrogens is 344 g/mol. The van der Waals surface area contributed by atoms with E-state index in [9.17, 15) is 13.2 Å². The molecule has 1 aromatic rings. The molecule has 1 amide bonds. The van der Waals surface area contributed by atoms with Crippen molar-refractivity contribution in [3.8, 4) is 5.75 Å². The summed E-state index contributed by atoms with van der Waals surface area (Å²) in [4.78, 5) is 11.7. The van der Waals surface area contributed by atoms with Crippen LogP contribution in [0.4, 0.5) is 4.79 Å². The van der Waals surface area contributed by atoms with E-state index < -0.39 is 21.7 Å². The second-order valence-corrected chi connectivity index (χ2v) is 8.81. The van der Waals surface area contributed by atoms with Crippen molar-refractivity contribution < 1.29 is 22.7 Å². The molecule has 0 aliphatic carbocycles. The normalized spacial score (nSPS) is 12.3. The predicted molar refractivity (Wildman–Crippen MR) is 96.2 cm³/mol. The number of amides is 1. The Bertz CT molecular complexity index is 669. The number of hydrogen-bond donors (Lipinski definition) is 1.